The second-order valence-corrected chi connectivity index (χ2v) is 5.27. The van der Waals surface area contributed by atoms with Crippen molar-refractivity contribution in [3.05, 3.63) is 57.3 Å². The van der Waals surface area contributed by atoms with Gasteiger partial charge in [0, 0.05) is 16.4 Å². The maximum absolute atomic E-state index is 12.4. The van der Waals surface area contributed by atoms with Gasteiger partial charge in [0.15, 0.2) is 0 Å². The zero-order chi connectivity index (χ0) is 15.6. The third-order valence-corrected chi connectivity index (χ3v) is 3.73. The van der Waals surface area contributed by atoms with Crippen LogP contribution in [0.3, 0.4) is 0 Å². The SMILES string of the molecule is O=C(Nc1ccc(Br)c(Cl)c1)c1ccc(C(F)(F)F)cn1. The summed E-state index contributed by atoms with van der Waals surface area (Å²) in [5.74, 6) is -0.623. The number of amides is 1. The number of benzene rings is 1. The predicted octanol–water partition coefficient (Wildman–Crippen LogP) is 4.77. The van der Waals surface area contributed by atoms with Gasteiger partial charge in [0.05, 0.1) is 10.6 Å². The van der Waals surface area contributed by atoms with E-state index in [1.165, 1.54) is 6.07 Å². The molecule has 1 amide bonds. The lowest BCUT2D eigenvalue weighted by atomic mass is 10.2. The van der Waals surface area contributed by atoms with Gasteiger partial charge in [-0.3, -0.25) is 9.78 Å². The molecule has 0 bridgehead atoms. The summed E-state index contributed by atoms with van der Waals surface area (Å²) < 4.78 is 37.8. The Kier molecular flexibility index (Phi) is 4.53. The molecule has 0 saturated heterocycles. The van der Waals surface area contributed by atoms with Crippen LogP contribution in [0.4, 0.5) is 18.9 Å². The fraction of sp³-hybridized carbons (Fsp3) is 0.0769. The zero-order valence-corrected chi connectivity index (χ0v) is 12.6. The summed E-state index contributed by atoms with van der Waals surface area (Å²) >= 11 is 9.08. The molecule has 1 aromatic heterocycles. The van der Waals surface area contributed by atoms with E-state index >= 15 is 0 Å². The molecule has 1 N–H and O–H groups in total. The van der Waals surface area contributed by atoms with Crippen LogP contribution in [0.25, 0.3) is 0 Å². The molecule has 0 aliphatic carbocycles. The molecule has 21 heavy (non-hydrogen) atoms. The van der Waals surface area contributed by atoms with Crippen molar-refractivity contribution in [1.82, 2.24) is 4.98 Å². The number of anilines is 1. The topological polar surface area (TPSA) is 42.0 Å². The van der Waals surface area contributed by atoms with Crippen molar-refractivity contribution < 1.29 is 18.0 Å². The first kappa shape index (κ1) is 15.8. The van der Waals surface area contributed by atoms with Crippen molar-refractivity contribution in [1.29, 1.82) is 0 Å². The molecule has 1 heterocycles. The number of carbonyl (C=O) groups is 1. The highest BCUT2D eigenvalue weighted by Crippen LogP contribution is 2.28. The van der Waals surface area contributed by atoms with Crippen LogP contribution in [0.1, 0.15) is 16.1 Å². The molecule has 110 valence electrons. The number of carbonyl (C=O) groups excluding carboxylic acids is 1. The number of aromatic nitrogens is 1. The Bertz CT molecular complexity index is 674. The minimum Gasteiger partial charge on any atom is -0.321 e. The van der Waals surface area contributed by atoms with E-state index in [4.69, 9.17) is 11.6 Å². The molecule has 3 nitrogen and oxygen atoms in total. The summed E-state index contributed by atoms with van der Waals surface area (Å²) in [5, 5.41) is 2.89. The molecular weight excluding hydrogens is 373 g/mol. The van der Waals surface area contributed by atoms with Gasteiger partial charge in [-0.05, 0) is 46.3 Å². The summed E-state index contributed by atoms with van der Waals surface area (Å²) in [6.45, 7) is 0. The standard InChI is InChI=1S/C13H7BrClF3N2O/c14-9-3-2-8(5-10(9)15)20-12(21)11-4-1-7(6-19-11)13(16,17)18/h1-6H,(H,20,21). The largest absolute Gasteiger partial charge is 0.417 e. The highest BCUT2D eigenvalue weighted by atomic mass is 79.9. The maximum atomic E-state index is 12.4. The first-order valence-electron chi connectivity index (χ1n) is 5.57. The number of halogens is 5. The molecule has 0 aliphatic heterocycles. The quantitative estimate of drug-likeness (QED) is 0.817. The third kappa shape index (κ3) is 3.95. The lowest BCUT2D eigenvalue weighted by Crippen LogP contribution is -2.14. The zero-order valence-electron chi connectivity index (χ0n) is 10.2. The molecule has 1 aromatic carbocycles. The normalized spacial score (nSPS) is 11.3. The van der Waals surface area contributed by atoms with Crippen LogP contribution in [0.5, 0.6) is 0 Å². The van der Waals surface area contributed by atoms with Crippen molar-refractivity contribution in [3.63, 3.8) is 0 Å². The van der Waals surface area contributed by atoms with E-state index in [1.54, 1.807) is 12.1 Å². The van der Waals surface area contributed by atoms with Crippen molar-refractivity contribution >= 4 is 39.1 Å². The molecule has 0 unspecified atom stereocenters. The fourth-order valence-corrected chi connectivity index (χ4v) is 1.89. The van der Waals surface area contributed by atoms with Crippen LogP contribution in [0.15, 0.2) is 41.0 Å². The second kappa shape index (κ2) is 6.03. The minimum absolute atomic E-state index is 0.123. The van der Waals surface area contributed by atoms with Crippen LogP contribution in [-0.2, 0) is 6.18 Å². The number of hydrogen-bond donors (Lipinski definition) is 1. The van der Waals surface area contributed by atoms with Gasteiger partial charge in [-0.1, -0.05) is 11.6 Å². The van der Waals surface area contributed by atoms with E-state index in [0.717, 1.165) is 12.1 Å². The smallest absolute Gasteiger partial charge is 0.321 e. The van der Waals surface area contributed by atoms with Gasteiger partial charge < -0.3 is 5.32 Å². The van der Waals surface area contributed by atoms with Crippen molar-refractivity contribution in [2.24, 2.45) is 0 Å². The molecular formula is C13H7BrClF3N2O. The van der Waals surface area contributed by atoms with Crippen molar-refractivity contribution in [2.75, 3.05) is 5.32 Å². The summed E-state index contributed by atoms with van der Waals surface area (Å²) in [6.07, 6.45) is -3.87. The maximum Gasteiger partial charge on any atom is 0.417 e. The molecule has 2 rings (SSSR count). The molecule has 0 radical (unpaired) electrons. The average Bonchev–Trinajstić information content (AvgIpc) is 2.42. The summed E-state index contributed by atoms with van der Waals surface area (Å²) in [6, 6.07) is 6.55. The fourth-order valence-electron chi connectivity index (χ4n) is 1.46. The Labute approximate surface area is 131 Å². The molecule has 0 aliphatic rings. The molecule has 0 atom stereocenters. The Morgan fingerprint density at radius 2 is 1.95 bits per heavy atom. The van der Waals surface area contributed by atoms with Gasteiger partial charge in [-0.2, -0.15) is 13.2 Å². The number of pyridine rings is 1. The number of nitrogens with one attached hydrogen (secondary N) is 1. The van der Waals surface area contributed by atoms with Gasteiger partial charge >= 0.3 is 6.18 Å². The highest BCUT2D eigenvalue weighted by molar-refractivity contribution is 9.10. The highest BCUT2D eigenvalue weighted by Gasteiger charge is 2.30. The van der Waals surface area contributed by atoms with Gasteiger partial charge in [-0.15, -0.1) is 0 Å². The lowest BCUT2D eigenvalue weighted by Gasteiger charge is -2.08. The lowest BCUT2D eigenvalue weighted by molar-refractivity contribution is -0.137. The van der Waals surface area contributed by atoms with E-state index in [2.05, 4.69) is 26.2 Å². The minimum atomic E-state index is -4.48. The van der Waals surface area contributed by atoms with Crippen LogP contribution in [0, 0.1) is 0 Å². The molecule has 0 saturated carbocycles. The van der Waals surface area contributed by atoms with E-state index < -0.39 is 17.6 Å². The second-order valence-electron chi connectivity index (χ2n) is 4.01. The number of rotatable bonds is 2. The number of nitrogens with zero attached hydrogens (tertiary/aromatic N) is 1. The van der Waals surface area contributed by atoms with E-state index in [1.807, 2.05) is 0 Å². The van der Waals surface area contributed by atoms with Crippen LogP contribution in [0.2, 0.25) is 5.02 Å². The van der Waals surface area contributed by atoms with Gasteiger partial charge in [0.25, 0.3) is 5.91 Å². The number of hydrogen-bond acceptors (Lipinski definition) is 2. The number of alkyl halides is 3. The molecule has 0 spiro atoms. The van der Waals surface area contributed by atoms with Gasteiger partial charge in [-0.25, -0.2) is 0 Å². The van der Waals surface area contributed by atoms with Crippen molar-refractivity contribution in [2.45, 2.75) is 6.18 Å². The summed E-state index contributed by atoms with van der Waals surface area (Å²) in [7, 11) is 0. The third-order valence-electron chi connectivity index (χ3n) is 2.50. The summed E-state index contributed by atoms with van der Waals surface area (Å²) in [5.41, 5.74) is -0.623. The Morgan fingerprint density at radius 1 is 1.24 bits per heavy atom. The van der Waals surface area contributed by atoms with E-state index in [9.17, 15) is 18.0 Å². The van der Waals surface area contributed by atoms with E-state index in [-0.39, 0.29) is 5.69 Å². The predicted molar refractivity (Wildman–Crippen MR) is 76.3 cm³/mol. The monoisotopic (exact) mass is 378 g/mol. The summed E-state index contributed by atoms with van der Waals surface area (Å²) in [4.78, 5) is 15.4. The molecule has 0 fully saturated rings. The Morgan fingerprint density at radius 3 is 2.48 bits per heavy atom. The molecule has 8 heteroatoms. The van der Waals surface area contributed by atoms with Gasteiger partial charge in [0.2, 0.25) is 0 Å². The van der Waals surface area contributed by atoms with Gasteiger partial charge in [0.1, 0.15) is 5.69 Å². The van der Waals surface area contributed by atoms with Crippen LogP contribution < -0.4 is 5.32 Å². The van der Waals surface area contributed by atoms with Crippen LogP contribution >= 0.6 is 27.5 Å². The van der Waals surface area contributed by atoms with E-state index in [0.29, 0.717) is 21.4 Å². The van der Waals surface area contributed by atoms with Crippen LogP contribution in [-0.4, -0.2) is 10.9 Å². The Balaban J connectivity index is 2.15. The first-order valence-corrected chi connectivity index (χ1v) is 6.74. The Hall–Kier alpha value is -1.60. The molecule has 2 aromatic rings. The average molecular weight is 380 g/mol. The first-order chi connectivity index (χ1) is 9.77. The van der Waals surface area contributed by atoms with Crippen molar-refractivity contribution in [3.8, 4) is 0 Å².